The van der Waals surface area contributed by atoms with Gasteiger partial charge in [-0.2, -0.15) is 0 Å². The number of nitrogens with zero attached hydrogens (tertiary/aromatic N) is 1. The van der Waals surface area contributed by atoms with Gasteiger partial charge < -0.3 is 15.8 Å². The number of carbonyl (C=O) groups is 3. The maximum Gasteiger partial charge on any atom is 0.357 e. The molecule has 0 saturated carbocycles. The number of ether oxygens (including phenoxy) is 1. The molecule has 0 aromatic heterocycles. The fourth-order valence-corrected chi connectivity index (χ4v) is 1.22. The molecule has 0 aliphatic carbocycles. The van der Waals surface area contributed by atoms with Crippen molar-refractivity contribution in [3.63, 3.8) is 0 Å². The molecule has 2 amide bonds. The molecule has 1 atom stereocenters. The molecule has 0 spiro atoms. The number of rotatable bonds is 5. The van der Waals surface area contributed by atoms with Gasteiger partial charge in [0.25, 0.3) is 0 Å². The summed E-state index contributed by atoms with van der Waals surface area (Å²) in [6, 6.07) is -1.91. The Morgan fingerprint density at radius 1 is 1.50 bits per heavy atom. The summed E-state index contributed by atoms with van der Waals surface area (Å²) in [5.41, 5.74) is 5.36. The smallest absolute Gasteiger partial charge is 0.357 e. The molecule has 0 saturated heterocycles. The Kier molecular flexibility index (Phi) is 8.11. The average Bonchev–Trinajstić information content (AvgIpc) is 2.43. The summed E-state index contributed by atoms with van der Waals surface area (Å²) < 4.78 is 4.61. The van der Waals surface area contributed by atoms with E-state index in [-0.39, 0.29) is 5.70 Å². The SMILES string of the molecule is CC=N/C(C(=O)OC)=C(/C#CC(C=O)NC(N)=O)CC. The van der Waals surface area contributed by atoms with Crippen LogP contribution in [0.25, 0.3) is 0 Å². The molecule has 0 bridgehead atoms. The molecule has 1 unspecified atom stereocenters. The predicted octanol–water partition coefficient (Wildman–Crippen LogP) is 0.153. The number of primary amides is 1. The van der Waals surface area contributed by atoms with Gasteiger partial charge in [-0.1, -0.05) is 18.8 Å². The molecular formula is C13H17N3O4. The largest absolute Gasteiger partial charge is 0.464 e. The van der Waals surface area contributed by atoms with Crippen molar-refractivity contribution in [2.75, 3.05) is 7.11 Å². The van der Waals surface area contributed by atoms with Gasteiger partial charge in [-0.3, -0.25) is 9.79 Å². The Bertz CT molecular complexity index is 497. The Balaban J connectivity index is 5.49. The van der Waals surface area contributed by atoms with Crippen molar-refractivity contribution in [1.82, 2.24) is 5.32 Å². The van der Waals surface area contributed by atoms with Crippen LogP contribution in [0.15, 0.2) is 16.3 Å². The molecule has 0 rings (SSSR count). The van der Waals surface area contributed by atoms with Gasteiger partial charge in [-0.15, -0.1) is 0 Å². The molecule has 0 radical (unpaired) electrons. The van der Waals surface area contributed by atoms with Crippen LogP contribution in [0.2, 0.25) is 0 Å². The van der Waals surface area contributed by atoms with Crippen molar-refractivity contribution in [2.24, 2.45) is 10.7 Å². The molecule has 3 N–H and O–H groups in total. The number of hydrogen-bond acceptors (Lipinski definition) is 5. The minimum Gasteiger partial charge on any atom is -0.464 e. The lowest BCUT2D eigenvalue weighted by Crippen LogP contribution is -2.38. The zero-order chi connectivity index (χ0) is 15.5. The van der Waals surface area contributed by atoms with Gasteiger partial charge in [0.05, 0.1) is 7.11 Å². The molecule has 0 aliphatic rings. The van der Waals surface area contributed by atoms with Crippen LogP contribution in [-0.4, -0.2) is 37.7 Å². The second-order valence-corrected chi connectivity index (χ2v) is 3.45. The third-order valence-corrected chi connectivity index (χ3v) is 2.09. The maximum atomic E-state index is 11.6. The third-order valence-electron chi connectivity index (χ3n) is 2.09. The number of aliphatic imine (C=N–C) groups is 1. The molecule has 0 aromatic carbocycles. The van der Waals surface area contributed by atoms with Gasteiger partial charge in [-0.05, 0) is 13.3 Å². The van der Waals surface area contributed by atoms with Crippen molar-refractivity contribution in [1.29, 1.82) is 0 Å². The normalized spacial score (nSPS) is 12.8. The van der Waals surface area contributed by atoms with Gasteiger partial charge in [0.15, 0.2) is 12.0 Å². The Morgan fingerprint density at radius 2 is 2.15 bits per heavy atom. The highest BCUT2D eigenvalue weighted by Crippen LogP contribution is 2.11. The number of amides is 2. The van der Waals surface area contributed by atoms with Crippen LogP contribution in [0, 0.1) is 11.8 Å². The van der Waals surface area contributed by atoms with Crippen LogP contribution in [0.1, 0.15) is 20.3 Å². The minimum absolute atomic E-state index is 0.0636. The lowest BCUT2D eigenvalue weighted by molar-refractivity contribution is -0.136. The first-order chi connectivity index (χ1) is 9.49. The summed E-state index contributed by atoms with van der Waals surface area (Å²) >= 11 is 0. The molecule has 108 valence electrons. The first-order valence-corrected chi connectivity index (χ1v) is 5.83. The van der Waals surface area contributed by atoms with E-state index in [2.05, 4.69) is 26.9 Å². The van der Waals surface area contributed by atoms with Gasteiger partial charge >= 0.3 is 12.0 Å². The second-order valence-electron chi connectivity index (χ2n) is 3.45. The fraction of sp³-hybridized carbons (Fsp3) is 0.385. The van der Waals surface area contributed by atoms with E-state index >= 15 is 0 Å². The zero-order valence-corrected chi connectivity index (χ0v) is 11.6. The van der Waals surface area contributed by atoms with E-state index in [4.69, 9.17) is 5.73 Å². The van der Waals surface area contributed by atoms with E-state index in [9.17, 15) is 14.4 Å². The van der Waals surface area contributed by atoms with Crippen molar-refractivity contribution >= 4 is 24.5 Å². The highest BCUT2D eigenvalue weighted by Gasteiger charge is 2.13. The molecule has 7 heteroatoms. The molecule has 7 nitrogen and oxygen atoms in total. The topological polar surface area (TPSA) is 111 Å². The van der Waals surface area contributed by atoms with Crippen LogP contribution < -0.4 is 11.1 Å². The number of hydrogen-bond donors (Lipinski definition) is 2. The molecule has 0 heterocycles. The standard InChI is InChI=1S/C13H17N3O4/c1-4-9(11(15-5-2)12(18)20-3)6-7-10(8-17)16-13(14)19/h5,8,10H,4H2,1-3H3,(H3,14,16,19)/b11-9+,15-5?. The number of carbonyl (C=O) groups excluding carboxylic acids is 3. The summed E-state index contributed by atoms with van der Waals surface area (Å²) in [5.74, 6) is 4.51. The Labute approximate surface area is 117 Å². The summed E-state index contributed by atoms with van der Waals surface area (Å²) in [6.45, 7) is 3.42. The third kappa shape index (κ3) is 5.82. The second kappa shape index (κ2) is 9.33. The Hall–Kier alpha value is -2.62. The lowest BCUT2D eigenvalue weighted by Gasteiger charge is -2.04. The summed E-state index contributed by atoms with van der Waals surface area (Å²) in [6.07, 6.45) is 2.28. The van der Waals surface area contributed by atoms with E-state index in [0.29, 0.717) is 18.3 Å². The van der Waals surface area contributed by atoms with E-state index < -0.39 is 18.0 Å². The monoisotopic (exact) mass is 279 g/mol. The van der Waals surface area contributed by atoms with Crippen LogP contribution in [0.3, 0.4) is 0 Å². The van der Waals surface area contributed by atoms with Gasteiger partial charge in [0.1, 0.15) is 6.04 Å². The number of allylic oxidation sites excluding steroid dienone is 1. The maximum absolute atomic E-state index is 11.6. The van der Waals surface area contributed by atoms with Crippen molar-refractivity contribution in [2.45, 2.75) is 26.3 Å². The molecular weight excluding hydrogens is 262 g/mol. The fourth-order valence-electron chi connectivity index (χ4n) is 1.22. The van der Waals surface area contributed by atoms with Crippen LogP contribution in [0.5, 0.6) is 0 Å². The number of aldehydes is 1. The first kappa shape index (κ1) is 17.4. The quantitative estimate of drug-likeness (QED) is 0.245. The first-order valence-electron chi connectivity index (χ1n) is 5.83. The lowest BCUT2D eigenvalue weighted by atomic mass is 10.1. The number of nitrogens with two attached hydrogens (primary N) is 1. The number of methoxy groups -OCH3 is 1. The predicted molar refractivity (Wildman–Crippen MR) is 73.8 cm³/mol. The minimum atomic E-state index is -1.04. The van der Waals surface area contributed by atoms with Crippen LogP contribution in [-0.2, 0) is 14.3 Å². The molecule has 20 heavy (non-hydrogen) atoms. The zero-order valence-electron chi connectivity index (χ0n) is 11.6. The number of urea groups is 1. The summed E-state index contributed by atoms with van der Waals surface area (Å²) in [4.78, 5) is 36.8. The number of esters is 1. The summed E-state index contributed by atoms with van der Waals surface area (Å²) in [7, 11) is 1.23. The number of nitrogens with one attached hydrogen (secondary N) is 1. The average molecular weight is 279 g/mol. The molecule has 0 fully saturated rings. The van der Waals surface area contributed by atoms with Gasteiger partial charge in [0.2, 0.25) is 0 Å². The van der Waals surface area contributed by atoms with E-state index in [1.54, 1.807) is 13.8 Å². The highest BCUT2D eigenvalue weighted by atomic mass is 16.5. The van der Waals surface area contributed by atoms with E-state index in [1.165, 1.54) is 13.3 Å². The van der Waals surface area contributed by atoms with Crippen molar-refractivity contribution in [3.05, 3.63) is 11.3 Å². The Morgan fingerprint density at radius 3 is 2.55 bits per heavy atom. The van der Waals surface area contributed by atoms with Crippen LogP contribution in [0.4, 0.5) is 4.79 Å². The molecule has 0 aliphatic heterocycles. The molecule has 0 aromatic rings. The van der Waals surface area contributed by atoms with Crippen molar-refractivity contribution in [3.8, 4) is 11.8 Å². The summed E-state index contributed by atoms with van der Waals surface area (Å²) in [5, 5.41) is 2.14. The van der Waals surface area contributed by atoms with Crippen molar-refractivity contribution < 1.29 is 19.1 Å². The van der Waals surface area contributed by atoms with Gasteiger partial charge in [0, 0.05) is 11.8 Å². The van der Waals surface area contributed by atoms with E-state index in [1.807, 2.05) is 0 Å². The van der Waals surface area contributed by atoms with E-state index in [0.717, 1.165) is 0 Å². The van der Waals surface area contributed by atoms with Gasteiger partial charge in [-0.25, -0.2) is 9.59 Å². The van der Waals surface area contributed by atoms with Crippen LogP contribution >= 0.6 is 0 Å². The highest BCUT2D eigenvalue weighted by molar-refractivity contribution is 5.91.